The zero-order chi connectivity index (χ0) is 28.9. The topological polar surface area (TPSA) is 45.1 Å². The van der Waals surface area contributed by atoms with Gasteiger partial charge in [-0.15, -0.1) is 0 Å². The lowest BCUT2D eigenvalue weighted by Crippen LogP contribution is -2.54. The number of piperazine rings is 1. The molecule has 1 aliphatic heterocycles. The molecule has 1 atom stereocenters. The number of aryl methyl sites for hydroxylation is 1. The first-order valence-corrected chi connectivity index (χ1v) is 14.2. The van der Waals surface area contributed by atoms with Crippen molar-refractivity contribution >= 4 is 23.4 Å². The first-order chi connectivity index (χ1) is 17.8. The molecule has 5 nitrogen and oxygen atoms in total. The van der Waals surface area contributed by atoms with Crippen molar-refractivity contribution in [2.45, 2.75) is 100 Å². The number of hydrogen-bond acceptors (Lipinski definition) is 4. The molecule has 38 heavy (non-hydrogen) atoms. The Morgan fingerprint density at radius 2 is 1.87 bits per heavy atom. The van der Waals surface area contributed by atoms with Crippen molar-refractivity contribution in [3.05, 3.63) is 70.0 Å². The van der Waals surface area contributed by atoms with E-state index in [1.165, 1.54) is 28.8 Å². The molecule has 1 aromatic carbocycles. The summed E-state index contributed by atoms with van der Waals surface area (Å²) in [5.41, 5.74) is 5.47. The molecule has 2 rings (SSSR count). The Balaban J connectivity index is 0.000000600. The van der Waals surface area contributed by atoms with Crippen LogP contribution in [0.3, 0.4) is 0 Å². The minimum absolute atomic E-state index is 0.0861. The van der Waals surface area contributed by atoms with Gasteiger partial charge in [0, 0.05) is 53.9 Å². The SMILES string of the molecule is CCCc1cccc(Cl)c1.C\C=C(C)/C(C(/C)=N/C=C/CC)=C(/C)N1CCN(C(=O)OC(C)(C)C)C(C)C1. The van der Waals surface area contributed by atoms with Gasteiger partial charge in [0.2, 0.25) is 0 Å². The van der Waals surface area contributed by atoms with Crippen molar-refractivity contribution in [2.24, 2.45) is 4.99 Å². The summed E-state index contributed by atoms with van der Waals surface area (Å²) in [5, 5.41) is 0.839. The molecule has 0 bridgehead atoms. The highest BCUT2D eigenvalue weighted by atomic mass is 35.5. The molecule has 0 radical (unpaired) electrons. The zero-order valence-corrected chi connectivity index (χ0v) is 26.2. The largest absolute Gasteiger partial charge is 0.444 e. The molecule has 1 amide bonds. The lowest BCUT2D eigenvalue weighted by atomic mass is 9.99. The first-order valence-electron chi connectivity index (χ1n) is 13.9. The summed E-state index contributed by atoms with van der Waals surface area (Å²) in [7, 11) is 0. The standard InChI is InChI=1S/C23H39N3O2.C9H11Cl/c1-10-12-13-24-19(5)21(17(3)11-2)20(6)25-14-15-26(18(4)16-25)22(27)28-23(7,8)9;1-2-4-8-5-3-6-9(10)7-8/h11-13,18H,10,14-16H2,1-9H3;3,5-7H,2,4H2,1H3/b13-12+,17-11-,21-20+,24-19+;. The molecule has 1 unspecified atom stereocenters. The number of ether oxygens (including phenoxy) is 1. The second-order valence-corrected chi connectivity index (χ2v) is 11.2. The summed E-state index contributed by atoms with van der Waals surface area (Å²) in [6.45, 7) is 22.7. The van der Waals surface area contributed by atoms with Gasteiger partial charge in [-0.1, -0.05) is 56.2 Å². The molecule has 1 heterocycles. The summed E-state index contributed by atoms with van der Waals surface area (Å²) in [5.74, 6) is 0. The molecule has 1 aliphatic rings. The van der Waals surface area contributed by atoms with E-state index in [2.05, 4.69) is 76.6 Å². The van der Waals surface area contributed by atoms with Crippen LogP contribution in [0.4, 0.5) is 4.79 Å². The average molecular weight is 544 g/mol. The number of amides is 1. The van der Waals surface area contributed by atoms with Crippen LogP contribution in [0.25, 0.3) is 0 Å². The maximum absolute atomic E-state index is 12.5. The maximum Gasteiger partial charge on any atom is 0.410 e. The number of aliphatic imine (C=N–C) groups is 1. The van der Waals surface area contributed by atoms with Crippen molar-refractivity contribution in [1.82, 2.24) is 9.80 Å². The lowest BCUT2D eigenvalue weighted by molar-refractivity contribution is 0.00494. The predicted octanol–water partition coefficient (Wildman–Crippen LogP) is 8.84. The summed E-state index contributed by atoms with van der Waals surface area (Å²) in [6.07, 6.45) is 9.12. The number of allylic oxidation sites excluding steroid dienone is 5. The van der Waals surface area contributed by atoms with Crippen LogP contribution < -0.4 is 0 Å². The molecular formula is C32H50ClN3O2. The van der Waals surface area contributed by atoms with Gasteiger partial charge < -0.3 is 14.5 Å². The van der Waals surface area contributed by atoms with Gasteiger partial charge in [-0.2, -0.15) is 0 Å². The number of hydrogen-bond donors (Lipinski definition) is 0. The fraction of sp³-hybridized carbons (Fsp3) is 0.562. The second-order valence-electron chi connectivity index (χ2n) is 10.8. The Hall–Kier alpha value is -2.53. The monoisotopic (exact) mass is 543 g/mol. The molecule has 0 aliphatic carbocycles. The van der Waals surface area contributed by atoms with E-state index in [1.807, 2.05) is 50.1 Å². The Morgan fingerprint density at radius 3 is 2.39 bits per heavy atom. The van der Waals surface area contributed by atoms with E-state index in [0.29, 0.717) is 6.54 Å². The van der Waals surface area contributed by atoms with Crippen molar-refractivity contribution < 1.29 is 9.53 Å². The molecule has 1 fully saturated rings. The van der Waals surface area contributed by atoms with Gasteiger partial charge in [0.15, 0.2) is 0 Å². The van der Waals surface area contributed by atoms with E-state index >= 15 is 0 Å². The molecule has 0 N–H and O–H groups in total. The molecule has 1 saturated heterocycles. The van der Waals surface area contributed by atoms with Crippen LogP contribution in [-0.4, -0.2) is 52.9 Å². The van der Waals surface area contributed by atoms with Crippen LogP contribution in [0, 0.1) is 0 Å². The molecule has 1 aromatic rings. The van der Waals surface area contributed by atoms with Gasteiger partial charge in [-0.3, -0.25) is 4.99 Å². The molecular weight excluding hydrogens is 494 g/mol. The quantitative estimate of drug-likeness (QED) is 0.255. The van der Waals surface area contributed by atoms with Crippen molar-refractivity contribution in [3.8, 4) is 0 Å². The Morgan fingerprint density at radius 1 is 1.18 bits per heavy atom. The zero-order valence-electron chi connectivity index (χ0n) is 25.4. The van der Waals surface area contributed by atoms with E-state index in [0.717, 1.165) is 36.7 Å². The van der Waals surface area contributed by atoms with Gasteiger partial charge in [0.25, 0.3) is 0 Å². The van der Waals surface area contributed by atoms with Gasteiger partial charge in [0.05, 0.1) is 0 Å². The predicted molar refractivity (Wildman–Crippen MR) is 164 cm³/mol. The highest BCUT2D eigenvalue weighted by molar-refractivity contribution is 6.30. The summed E-state index contributed by atoms with van der Waals surface area (Å²) < 4.78 is 5.56. The lowest BCUT2D eigenvalue weighted by Gasteiger charge is -2.42. The summed E-state index contributed by atoms with van der Waals surface area (Å²) in [4.78, 5) is 21.3. The van der Waals surface area contributed by atoms with E-state index < -0.39 is 5.60 Å². The van der Waals surface area contributed by atoms with Crippen LogP contribution in [-0.2, 0) is 11.2 Å². The molecule has 0 aromatic heterocycles. The number of carbonyl (C=O) groups is 1. The van der Waals surface area contributed by atoms with Gasteiger partial charge in [-0.25, -0.2) is 4.79 Å². The van der Waals surface area contributed by atoms with E-state index in [9.17, 15) is 4.79 Å². The number of halogens is 1. The maximum atomic E-state index is 12.5. The van der Waals surface area contributed by atoms with Gasteiger partial charge in [0.1, 0.15) is 5.60 Å². The number of benzene rings is 1. The van der Waals surface area contributed by atoms with E-state index in [1.54, 1.807) is 0 Å². The van der Waals surface area contributed by atoms with Crippen LogP contribution in [0.15, 0.2) is 64.5 Å². The van der Waals surface area contributed by atoms with Crippen molar-refractivity contribution in [3.63, 3.8) is 0 Å². The van der Waals surface area contributed by atoms with Crippen LogP contribution in [0.2, 0.25) is 5.02 Å². The third-order valence-electron chi connectivity index (χ3n) is 6.32. The van der Waals surface area contributed by atoms with Crippen LogP contribution >= 0.6 is 11.6 Å². The average Bonchev–Trinajstić information content (AvgIpc) is 2.83. The fourth-order valence-electron chi connectivity index (χ4n) is 4.30. The number of nitrogens with zero attached hydrogens (tertiary/aromatic N) is 3. The number of carbonyl (C=O) groups excluding carboxylic acids is 1. The molecule has 0 saturated carbocycles. The smallest absolute Gasteiger partial charge is 0.410 e. The third kappa shape index (κ3) is 11.5. The Bertz CT molecular complexity index is 1020. The third-order valence-corrected chi connectivity index (χ3v) is 6.55. The minimum Gasteiger partial charge on any atom is -0.444 e. The summed E-state index contributed by atoms with van der Waals surface area (Å²) >= 11 is 5.78. The van der Waals surface area contributed by atoms with Crippen LogP contribution in [0.5, 0.6) is 0 Å². The Labute approximate surface area is 237 Å². The van der Waals surface area contributed by atoms with Gasteiger partial charge in [-0.05, 0) is 91.5 Å². The normalized spacial score (nSPS) is 17.7. The highest BCUT2D eigenvalue weighted by Crippen LogP contribution is 2.24. The van der Waals surface area contributed by atoms with Gasteiger partial charge >= 0.3 is 6.09 Å². The van der Waals surface area contributed by atoms with Crippen molar-refractivity contribution in [2.75, 3.05) is 19.6 Å². The van der Waals surface area contributed by atoms with Crippen LogP contribution in [0.1, 0.15) is 87.6 Å². The Kier molecular flexibility index (Phi) is 14.5. The fourth-order valence-corrected chi connectivity index (χ4v) is 4.52. The highest BCUT2D eigenvalue weighted by Gasteiger charge is 2.31. The minimum atomic E-state index is -0.473. The number of rotatable bonds is 7. The molecule has 212 valence electrons. The molecule has 6 heteroatoms. The van der Waals surface area contributed by atoms with Crippen molar-refractivity contribution in [1.29, 1.82) is 0 Å². The second kappa shape index (κ2) is 16.4. The first kappa shape index (κ1) is 33.5. The van der Waals surface area contributed by atoms with E-state index in [-0.39, 0.29) is 12.1 Å². The molecule has 0 spiro atoms. The van der Waals surface area contributed by atoms with E-state index in [4.69, 9.17) is 16.3 Å². The summed E-state index contributed by atoms with van der Waals surface area (Å²) in [6, 6.07) is 8.11.